The quantitative estimate of drug-likeness (QED) is 0.0174. The minimum absolute atomic E-state index is 0.223. The van der Waals surface area contributed by atoms with Gasteiger partial charge in [-0.1, -0.05) is 179 Å². The number of ether oxygens (including phenoxy) is 2. The van der Waals surface area contributed by atoms with Crippen molar-refractivity contribution in [3.05, 3.63) is 36.5 Å². The molecule has 0 bridgehead atoms. The van der Waals surface area contributed by atoms with E-state index in [-0.39, 0.29) is 6.42 Å². The number of rotatable bonds is 41. The molecule has 0 radical (unpaired) electrons. The summed E-state index contributed by atoms with van der Waals surface area (Å²) >= 11 is 0. The van der Waals surface area contributed by atoms with Gasteiger partial charge in [-0.15, -0.1) is 0 Å². The molecular formula is C48H89NO12S. The van der Waals surface area contributed by atoms with E-state index in [1.807, 2.05) is 0 Å². The summed E-state index contributed by atoms with van der Waals surface area (Å²) in [6.07, 6.45) is 33.7. The SMILES string of the molecule is CCCCCCCCCCC/C=C\CCCCCCC(O)C(=O)NC(COC1OC(CO)C(O)C(OS(=O)(=O)O)C1O)C(O)/C=C/CC/C=C/CCCCCCCCCCCC. The first-order valence-corrected chi connectivity index (χ1v) is 25.8. The van der Waals surface area contributed by atoms with Crippen LogP contribution in [0.15, 0.2) is 36.5 Å². The van der Waals surface area contributed by atoms with Crippen LogP contribution in [0.3, 0.4) is 0 Å². The van der Waals surface area contributed by atoms with E-state index in [0.29, 0.717) is 12.8 Å². The van der Waals surface area contributed by atoms with Crippen molar-refractivity contribution in [3.63, 3.8) is 0 Å². The van der Waals surface area contributed by atoms with E-state index in [9.17, 15) is 43.3 Å². The monoisotopic (exact) mass is 904 g/mol. The largest absolute Gasteiger partial charge is 0.397 e. The van der Waals surface area contributed by atoms with Gasteiger partial charge in [0.2, 0.25) is 5.91 Å². The van der Waals surface area contributed by atoms with Gasteiger partial charge in [0.05, 0.1) is 25.4 Å². The van der Waals surface area contributed by atoms with Crippen LogP contribution in [0.2, 0.25) is 0 Å². The molecule has 62 heavy (non-hydrogen) atoms. The molecule has 8 unspecified atom stereocenters. The molecule has 13 nitrogen and oxygen atoms in total. The first-order chi connectivity index (χ1) is 29.9. The molecule has 0 aromatic heterocycles. The third kappa shape index (κ3) is 30.4. The summed E-state index contributed by atoms with van der Waals surface area (Å²) in [6, 6.07) is -1.14. The van der Waals surface area contributed by atoms with Crippen LogP contribution in [0.1, 0.15) is 200 Å². The average Bonchev–Trinajstić information content (AvgIpc) is 3.24. The van der Waals surface area contributed by atoms with Crippen molar-refractivity contribution in [2.75, 3.05) is 13.2 Å². The molecule has 364 valence electrons. The van der Waals surface area contributed by atoms with Gasteiger partial charge in [-0.2, -0.15) is 8.42 Å². The Labute approximate surface area is 376 Å². The van der Waals surface area contributed by atoms with E-state index < -0.39 is 78.5 Å². The number of carbonyl (C=O) groups is 1. The van der Waals surface area contributed by atoms with Crippen molar-refractivity contribution in [2.45, 2.75) is 249 Å². The van der Waals surface area contributed by atoms with Crippen molar-refractivity contribution in [1.29, 1.82) is 0 Å². The summed E-state index contributed by atoms with van der Waals surface area (Å²) in [5.41, 5.74) is 0. The third-order valence-corrected chi connectivity index (χ3v) is 12.0. The Hall–Kier alpha value is -1.72. The van der Waals surface area contributed by atoms with Gasteiger partial charge in [0.15, 0.2) is 6.29 Å². The number of hydrogen-bond acceptors (Lipinski definition) is 11. The third-order valence-electron chi connectivity index (χ3n) is 11.5. The summed E-state index contributed by atoms with van der Waals surface area (Å²) in [7, 11) is -5.12. The lowest BCUT2D eigenvalue weighted by molar-refractivity contribution is -0.298. The second-order valence-electron chi connectivity index (χ2n) is 17.2. The van der Waals surface area contributed by atoms with Crippen LogP contribution in [0, 0.1) is 0 Å². The Bertz CT molecular complexity index is 1260. The summed E-state index contributed by atoms with van der Waals surface area (Å²) in [4.78, 5) is 13.1. The van der Waals surface area contributed by atoms with E-state index in [1.165, 1.54) is 122 Å². The molecule has 1 heterocycles. The Morgan fingerprint density at radius 3 is 1.55 bits per heavy atom. The van der Waals surface area contributed by atoms with Crippen molar-refractivity contribution in [1.82, 2.24) is 5.32 Å². The molecular weight excluding hydrogens is 815 g/mol. The predicted molar refractivity (Wildman–Crippen MR) is 247 cm³/mol. The molecule has 0 spiro atoms. The molecule has 1 saturated heterocycles. The van der Waals surface area contributed by atoms with Crippen LogP contribution in [0.25, 0.3) is 0 Å². The van der Waals surface area contributed by atoms with Crippen molar-refractivity contribution in [3.8, 4) is 0 Å². The van der Waals surface area contributed by atoms with Crippen molar-refractivity contribution < 1.29 is 57.0 Å². The van der Waals surface area contributed by atoms with E-state index in [0.717, 1.165) is 51.4 Å². The average molecular weight is 904 g/mol. The van der Waals surface area contributed by atoms with Crippen LogP contribution < -0.4 is 5.32 Å². The lowest BCUT2D eigenvalue weighted by Gasteiger charge is -2.41. The molecule has 0 saturated carbocycles. The molecule has 1 aliphatic rings. The number of aliphatic hydroxyl groups excluding tert-OH is 5. The lowest BCUT2D eigenvalue weighted by atomic mass is 9.99. The highest BCUT2D eigenvalue weighted by Crippen LogP contribution is 2.26. The minimum atomic E-state index is -5.12. The molecule has 1 aliphatic heterocycles. The second kappa shape index (κ2) is 38.5. The van der Waals surface area contributed by atoms with E-state index in [2.05, 4.69) is 47.7 Å². The van der Waals surface area contributed by atoms with Gasteiger partial charge in [-0.25, -0.2) is 4.18 Å². The fourth-order valence-corrected chi connectivity index (χ4v) is 8.10. The number of allylic oxidation sites excluding steroid dienone is 5. The molecule has 1 rings (SSSR count). The molecule has 0 aliphatic carbocycles. The normalized spacial score (nSPS) is 21.3. The van der Waals surface area contributed by atoms with Crippen LogP contribution >= 0.6 is 0 Å². The molecule has 1 fully saturated rings. The standard InChI is InChI=1S/C48H89NO12S/c1-3-5-7-9-11-13-15-17-19-21-23-25-27-29-31-33-35-37-42(52)47(55)49-40(39-59-48-45(54)46(61-62(56,57)58)44(53)43(38-50)60-48)41(51)36-34-32-30-28-26-24-22-20-18-16-14-12-10-8-6-4-2/h23,25-26,28,34,36,40-46,48,50-54H,3-22,24,27,29-33,35,37-39H2,1-2H3,(H,49,55)(H,56,57,58)/b25-23-,28-26+,36-34+. The molecule has 1 amide bonds. The number of carbonyl (C=O) groups excluding carboxylic acids is 1. The first-order valence-electron chi connectivity index (χ1n) is 24.5. The van der Waals surface area contributed by atoms with Crippen molar-refractivity contribution in [2.24, 2.45) is 0 Å². The first kappa shape index (κ1) is 58.3. The molecule has 8 atom stereocenters. The lowest BCUT2D eigenvalue weighted by Crippen LogP contribution is -2.61. The van der Waals surface area contributed by atoms with E-state index in [1.54, 1.807) is 6.08 Å². The summed E-state index contributed by atoms with van der Waals surface area (Å²) < 4.78 is 47.5. The Morgan fingerprint density at radius 1 is 0.645 bits per heavy atom. The van der Waals surface area contributed by atoms with Gasteiger partial charge in [0, 0.05) is 0 Å². The molecule has 7 N–H and O–H groups in total. The highest BCUT2D eigenvalue weighted by Gasteiger charge is 2.48. The fraction of sp³-hybridized carbons (Fsp3) is 0.854. The zero-order valence-electron chi connectivity index (χ0n) is 38.5. The maximum absolute atomic E-state index is 13.1. The Balaban J connectivity index is 2.59. The molecule has 14 heteroatoms. The van der Waals surface area contributed by atoms with Crippen LogP contribution in [-0.2, 0) is 28.9 Å². The maximum atomic E-state index is 13.1. The maximum Gasteiger partial charge on any atom is 0.397 e. The van der Waals surface area contributed by atoms with Gasteiger partial charge in [0.1, 0.15) is 30.5 Å². The zero-order valence-corrected chi connectivity index (χ0v) is 39.4. The summed E-state index contributed by atoms with van der Waals surface area (Å²) in [5.74, 6) is -0.721. The van der Waals surface area contributed by atoms with E-state index in [4.69, 9.17) is 9.47 Å². The second-order valence-corrected chi connectivity index (χ2v) is 18.2. The fourth-order valence-electron chi connectivity index (χ4n) is 7.59. The molecule has 0 aromatic carbocycles. The van der Waals surface area contributed by atoms with Gasteiger partial charge in [0.25, 0.3) is 0 Å². The van der Waals surface area contributed by atoms with Gasteiger partial charge in [-0.3, -0.25) is 9.35 Å². The van der Waals surface area contributed by atoms with Gasteiger partial charge < -0.3 is 40.3 Å². The number of nitrogens with one attached hydrogen (secondary N) is 1. The topological polar surface area (TPSA) is 212 Å². The zero-order chi connectivity index (χ0) is 45.7. The number of hydrogen-bond donors (Lipinski definition) is 7. The predicted octanol–water partition coefficient (Wildman–Crippen LogP) is 8.86. The molecule has 0 aromatic rings. The minimum Gasteiger partial charge on any atom is -0.394 e. The van der Waals surface area contributed by atoms with Crippen LogP contribution in [-0.4, -0.2) is 107 Å². The summed E-state index contributed by atoms with van der Waals surface area (Å²) in [6.45, 7) is 3.20. The van der Waals surface area contributed by atoms with Gasteiger partial charge >= 0.3 is 10.4 Å². The van der Waals surface area contributed by atoms with Crippen LogP contribution in [0.5, 0.6) is 0 Å². The summed E-state index contributed by atoms with van der Waals surface area (Å²) in [5, 5.41) is 55.2. The number of aliphatic hydroxyl groups is 5. The van der Waals surface area contributed by atoms with E-state index >= 15 is 0 Å². The highest BCUT2D eigenvalue weighted by atomic mass is 32.3. The Kier molecular flexibility index (Phi) is 36.2. The van der Waals surface area contributed by atoms with Gasteiger partial charge in [-0.05, 0) is 57.8 Å². The van der Waals surface area contributed by atoms with Crippen LogP contribution in [0.4, 0.5) is 0 Å². The van der Waals surface area contributed by atoms with Crippen molar-refractivity contribution >= 4 is 16.3 Å². The Morgan fingerprint density at radius 2 is 1.08 bits per heavy atom. The number of unbranched alkanes of at least 4 members (excludes halogenated alkanes) is 24. The number of amides is 1. The highest BCUT2D eigenvalue weighted by molar-refractivity contribution is 7.80. The smallest absolute Gasteiger partial charge is 0.394 e.